The molecule has 3 heteroatoms. The maximum atomic E-state index is 11.8. The zero-order valence-electron chi connectivity index (χ0n) is 4.63. The average molecular weight is 134 g/mol. The molecule has 0 spiro atoms. The lowest BCUT2D eigenvalue weighted by atomic mass is 10.1. The maximum Gasteiger partial charge on any atom is 0.405 e. The molecule has 0 heterocycles. The fourth-order valence-electron chi connectivity index (χ4n) is 0.635. The predicted molar refractivity (Wildman–Crippen MR) is 26.6 cm³/mol. The van der Waals surface area contributed by atoms with Crippen molar-refractivity contribution >= 4 is 0 Å². The molecular formula is C6H5F3. The Morgan fingerprint density at radius 3 is 1.78 bits per heavy atom. The summed E-state index contributed by atoms with van der Waals surface area (Å²) in [6.07, 6.45) is 0.714. The Labute approximate surface area is 51.1 Å². The Kier molecular flexibility index (Phi) is 1.03. The summed E-state index contributed by atoms with van der Waals surface area (Å²) in [5, 5.41) is 0. The van der Waals surface area contributed by atoms with Crippen LogP contribution < -0.4 is 0 Å². The Morgan fingerprint density at radius 2 is 1.78 bits per heavy atom. The van der Waals surface area contributed by atoms with Gasteiger partial charge < -0.3 is 0 Å². The van der Waals surface area contributed by atoms with Crippen LogP contribution in [0.15, 0.2) is 0 Å². The minimum atomic E-state index is -4.18. The summed E-state index contributed by atoms with van der Waals surface area (Å²) in [7, 11) is 0. The summed E-state index contributed by atoms with van der Waals surface area (Å²) < 4.78 is 35.3. The van der Waals surface area contributed by atoms with Crippen molar-refractivity contribution in [1.82, 2.24) is 0 Å². The van der Waals surface area contributed by atoms with Crippen LogP contribution in [0.2, 0.25) is 0 Å². The molecule has 0 aromatic carbocycles. The summed E-state index contributed by atoms with van der Waals surface area (Å²) in [5.74, 6) is 1.77. The van der Waals surface area contributed by atoms with Gasteiger partial charge in [0, 0.05) is 0 Å². The lowest BCUT2D eigenvalue weighted by molar-refractivity contribution is -0.168. The van der Waals surface area contributed by atoms with Crippen LogP contribution in [0.1, 0.15) is 12.8 Å². The summed E-state index contributed by atoms with van der Waals surface area (Å²) in [6.45, 7) is 0. The van der Waals surface area contributed by atoms with Crippen LogP contribution in [-0.4, -0.2) is 6.18 Å². The van der Waals surface area contributed by atoms with E-state index < -0.39 is 11.6 Å². The van der Waals surface area contributed by atoms with Crippen LogP contribution in [0, 0.1) is 17.8 Å². The molecule has 1 aliphatic carbocycles. The molecule has 0 bridgehead atoms. The second-order valence-electron chi connectivity index (χ2n) is 2.22. The summed E-state index contributed by atoms with van der Waals surface area (Å²) >= 11 is 0. The normalized spacial score (nSPS) is 22.9. The maximum absolute atomic E-state index is 11.8. The van der Waals surface area contributed by atoms with Gasteiger partial charge >= 0.3 is 6.18 Å². The Bertz CT molecular complexity index is 156. The Hall–Kier alpha value is -0.650. The third kappa shape index (κ3) is 0.787. The van der Waals surface area contributed by atoms with Gasteiger partial charge in [0.25, 0.3) is 0 Å². The highest BCUT2D eigenvalue weighted by Crippen LogP contribution is 2.56. The molecule has 0 radical (unpaired) electrons. The van der Waals surface area contributed by atoms with Gasteiger partial charge in [0.05, 0.1) is 0 Å². The van der Waals surface area contributed by atoms with Crippen LogP contribution in [-0.2, 0) is 0 Å². The highest BCUT2D eigenvalue weighted by molar-refractivity contribution is 5.18. The van der Waals surface area contributed by atoms with E-state index in [4.69, 9.17) is 0 Å². The topological polar surface area (TPSA) is 0 Å². The van der Waals surface area contributed by atoms with Crippen molar-refractivity contribution in [1.29, 1.82) is 0 Å². The molecule has 0 aromatic heterocycles. The standard InChI is InChI=1S/C6H5F3/c1-2-5(3-4-5)6(7,8)9/h1H,3-4H2. The van der Waals surface area contributed by atoms with E-state index in [1.54, 1.807) is 5.92 Å². The van der Waals surface area contributed by atoms with E-state index in [9.17, 15) is 13.2 Å². The van der Waals surface area contributed by atoms with Crippen molar-refractivity contribution in [3.05, 3.63) is 0 Å². The van der Waals surface area contributed by atoms with E-state index in [-0.39, 0.29) is 12.8 Å². The fourth-order valence-corrected chi connectivity index (χ4v) is 0.635. The number of alkyl halides is 3. The smallest absolute Gasteiger partial charge is 0.169 e. The third-order valence-electron chi connectivity index (χ3n) is 1.57. The van der Waals surface area contributed by atoms with E-state index >= 15 is 0 Å². The van der Waals surface area contributed by atoms with Crippen molar-refractivity contribution in [3.63, 3.8) is 0 Å². The molecular weight excluding hydrogens is 129 g/mol. The molecule has 0 aromatic rings. The van der Waals surface area contributed by atoms with E-state index in [2.05, 4.69) is 6.42 Å². The number of halogens is 3. The molecule has 9 heavy (non-hydrogen) atoms. The van der Waals surface area contributed by atoms with Gasteiger partial charge in [0.1, 0.15) is 5.41 Å². The average Bonchev–Trinajstić information content (AvgIpc) is 2.40. The first-order valence-corrected chi connectivity index (χ1v) is 2.56. The van der Waals surface area contributed by atoms with Crippen molar-refractivity contribution in [2.24, 2.45) is 5.41 Å². The predicted octanol–water partition coefficient (Wildman–Crippen LogP) is 1.96. The van der Waals surface area contributed by atoms with Gasteiger partial charge in [0.2, 0.25) is 0 Å². The highest BCUT2D eigenvalue weighted by atomic mass is 19.4. The second kappa shape index (κ2) is 1.44. The first-order chi connectivity index (χ1) is 4.02. The van der Waals surface area contributed by atoms with E-state index in [0.29, 0.717) is 0 Å². The molecule has 0 nitrogen and oxygen atoms in total. The molecule has 1 rings (SSSR count). The van der Waals surface area contributed by atoms with E-state index in [0.717, 1.165) is 0 Å². The minimum absolute atomic E-state index is 0.104. The molecule has 50 valence electrons. The van der Waals surface area contributed by atoms with Crippen LogP contribution in [0.25, 0.3) is 0 Å². The monoisotopic (exact) mass is 134 g/mol. The Balaban J connectivity index is 2.75. The number of hydrogen-bond acceptors (Lipinski definition) is 0. The minimum Gasteiger partial charge on any atom is -0.169 e. The van der Waals surface area contributed by atoms with Crippen molar-refractivity contribution in [2.45, 2.75) is 19.0 Å². The third-order valence-corrected chi connectivity index (χ3v) is 1.57. The largest absolute Gasteiger partial charge is 0.405 e. The fraction of sp³-hybridized carbons (Fsp3) is 0.667. The van der Waals surface area contributed by atoms with Crippen molar-refractivity contribution in [3.8, 4) is 12.3 Å². The number of hydrogen-bond donors (Lipinski definition) is 0. The lowest BCUT2D eigenvalue weighted by Gasteiger charge is -2.10. The molecule has 0 amide bonds. The van der Waals surface area contributed by atoms with Crippen LogP contribution in [0.4, 0.5) is 13.2 Å². The van der Waals surface area contributed by atoms with Crippen LogP contribution in [0.5, 0.6) is 0 Å². The van der Waals surface area contributed by atoms with Gasteiger partial charge in [-0.05, 0) is 12.8 Å². The lowest BCUT2D eigenvalue weighted by Crippen LogP contribution is -2.22. The Morgan fingerprint density at radius 1 is 1.33 bits per heavy atom. The van der Waals surface area contributed by atoms with Gasteiger partial charge in [-0.1, -0.05) is 5.92 Å². The zero-order valence-corrected chi connectivity index (χ0v) is 4.63. The zero-order chi connectivity index (χ0) is 7.12. The van der Waals surface area contributed by atoms with E-state index in [1.807, 2.05) is 0 Å². The van der Waals surface area contributed by atoms with Crippen LogP contribution in [0.3, 0.4) is 0 Å². The van der Waals surface area contributed by atoms with Gasteiger partial charge in [0.15, 0.2) is 0 Å². The molecule has 0 unspecified atom stereocenters. The highest BCUT2D eigenvalue weighted by Gasteiger charge is 2.62. The SMILES string of the molecule is C#CC1(C(F)(F)F)CC1. The first kappa shape index (κ1) is 6.47. The van der Waals surface area contributed by atoms with Crippen LogP contribution >= 0.6 is 0 Å². The first-order valence-electron chi connectivity index (χ1n) is 2.56. The molecule has 1 fully saturated rings. The van der Waals surface area contributed by atoms with Gasteiger partial charge in [-0.3, -0.25) is 0 Å². The second-order valence-corrected chi connectivity index (χ2v) is 2.22. The van der Waals surface area contributed by atoms with E-state index in [1.165, 1.54) is 0 Å². The molecule has 0 saturated heterocycles. The van der Waals surface area contributed by atoms with Gasteiger partial charge in [-0.2, -0.15) is 13.2 Å². The van der Waals surface area contributed by atoms with Crippen molar-refractivity contribution < 1.29 is 13.2 Å². The molecule has 0 N–H and O–H groups in total. The molecule has 0 aliphatic heterocycles. The van der Waals surface area contributed by atoms with Crippen molar-refractivity contribution in [2.75, 3.05) is 0 Å². The summed E-state index contributed by atoms with van der Waals surface area (Å²) in [6, 6.07) is 0. The quantitative estimate of drug-likeness (QED) is 0.444. The number of terminal acetylenes is 1. The van der Waals surface area contributed by atoms with Gasteiger partial charge in [-0.15, -0.1) is 6.42 Å². The molecule has 1 saturated carbocycles. The number of rotatable bonds is 0. The van der Waals surface area contributed by atoms with Gasteiger partial charge in [-0.25, -0.2) is 0 Å². The molecule has 0 atom stereocenters. The summed E-state index contributed by atoms with van der Waals surface area (Å²) in [5.41, 5.74) is -1.74. The molecule has 1 aliphatic rings. The summed E-state index contributed by atoms with van der Waals surface area (Å²) in [4.78, 5) is 0.